The first-order valence-corrected chi connectivity index (χ1v) is 19.2. The Morgan fingerprint density at radius 2 is 0.978 bits per heavy atom. The summed E-state index contributed by atoms with van der Waals surface area (Å²) in [5, 5.41) is 33.6. The lowest BCUT2D eigenvalue weighted by molar-refractivity contribution is -0.166. The van der Waals surface area contributed by atoms with Gasteiger partial charge in [0.25, 0.3) is 23.6 Å². The molecule has 10 atom stereocenters. The van der Waals surface area contributed by atoms with Crippen LogP contribution in [-0.2, 0) is 30.0 Å². The van der Waals surface area contributed by atoms with Crippen LogP contribution in [-0.4, -0.2) is 112 Å². The quantitative estimate of drug-likeness (QED) is 0.320. The minimum absolute atomic E-state index is 0.342. The summed E-state index contributed by atoms with van der Waals surface area (Å²) in [6, 6.07) is 14.8. The molecule has 2 spiro atoms. The van der Waals surface area contributed by atoms with Crippen molar-refractivity contribution in [2.45, 2.75) is 68.7 Å². The Labute approximate surface area is 279 Å². The van der Waals surface area contributed by atoms with Crippen molar-refractivity contribution in [1.82, 2.24) is 19.6 Å². The molecule has 0 aromatic heterocycles. The molecule has 2 aromatic carbocycles. The van der Waals surface area contributed by atoms with Crippen LogP contribution in [0.2, 0.25) is 0 Å². The van der Waals surface area contributed by atoms with Crippen LogP contribution in [0.5, 0.6) is 0 Å². The van der Waals surface area contributed by atoms with Crippen molar-refractivity contribution in [1.29, 1.82) is 0 Å². The summed E-state index contributed by atoms with van der Waals surface area (Å²) in [4.78, 5) is 58.2. The molecule has 4 bridgehead atoms. The van der Waals surface area contributed by atoms with E-state index in [1.165, 1.54) is 62.8 Å². The summed E-state index contributed by atoms with van der Waals surface area (Å²) < 4.78 is 0. The van der Waals surface area contributed by atoms with Crippen LogP contribution >= 0.6 is 43.2 Å². The first-order valence-electron chi connectivity index (χ1n) is 14.9. The zero-order chi connectivity index (χ0) is 32.1. The second-order valence-corrected chi connectivity index (χ2v) is 19.0. The Balaban J connectivity index is 1.36. The standard InChI is InChI=1S/C30H28N6O6S4/c1-25-21(39)35-19-27(13-9-5-7-11-15(13)31-19,17(37)29(35,45-43-25)23(41)33(25)3)28-14-10-6-8-12-16(14)32-20(28)36-22(40)26(2)34(4)24(42)30(36,18(28)38)46-44-26/h5-12,17-20,31-32,37-38H,1-4H3/t17-,18-,19+,20+,25?,26?,27+,28?,29-,30-/m0/s1. The van der Waals surface area contributed by atoms with E-state index in [9.17, 15) is 29.4 Å². The molecular formula is C30H28N6O6S4. The highest BCUT2D eigenvalue weighted by atomic mass is 33.1. The summed E-state index contributed by atoms with van der Waals surface area (Å²) in [6.45, 7) is 3.42. The molecule has 12 rings (SSSR count). The summed E-state index contributed by atoms with van der Waals surface area (Å²) in [6.07, 6.45) is -5.21. The molecule has 4 N–H and O–H groups in total. The number of hydrogen-bond donors (Lipinski definition) is 4. The SMILES string of the molecule is CN1C(=O)[C@]23SSC1(C)C(=O)N2[C@H]1Nc2ccccc2C1([C@@]12c4ccccc4N[C@@H]1N1C(=O)C4(C)SS[C@]1(C(=O)N4C)[C@H]2O)[C@@H]3O. The third-order valence-corrected chi connectivity index (χ3v) is 19.5. The van der Waals surface area contributed by atoms with Crippen LogP contribution in [0.15, 0.2) is 48.5 Å². The minimum atomic E-state index is -1.76. The van der Waals surface area contributed by atoms with Gasteiger partial charge in [-0.1, -0.05) is 58.0 Å². The zero-order valence-corrected chi connectivity index (χ0v) is 28.1. The number of aliphatic hydroxyl groups is 2. The zero-order valence-electron chi connectivity index (χ0n) is 24.9. The molecule has 4 amide bonds. The number of fused-ring (bicyclic) bond motifs is 11. The van der Waals surface area contributed by atoms with E-state index >= 15 is 0 Å². The van der Waals surface area contributed by atoms with E-state index in [1.807, 2.05) is 48.5 Å². The van der Waals surface area contributed by atoms with Gasteiger partial charge in [0.05, 0.1) is 10.8 Å². The van der Waals surface area contributed by atoms with Crippen molar-refractivity contribution in [3.8, 4) is 0 Å². The van der Waals surface area contributed by atoms with Gasteiger partial charge in [0.1, 0.15) is 24.5 Å². The molecule has 8 saturated heterocycles. The number of rotatable bonds is 1. The minimum Gasteiger partial charge on any atom is -0.388 e. The van der Waals surface area contributed by atoms with Gasteiger partial charge in [0.2, 0.25) is 9.74 Å². The van der Waals surface area contributed by atoms with Gasteiger partial charge in [0, 0.05) is 25.5 Å². The molecular weight excluding hydrogens is 669 g/mol. The topological polar surface area (TPSA) is 146 Å². The van der Waals surface area contributed by atoms with E-state index in [4.69, 9.17) is 0 Å². The van der Waals surface area contributed by atoms with Crippen molar-refractivity contribution < 1.29 is 29.4 Å². The highest BCUT2D eigenvalue weighted by molar-refractivity contribution is 8.78. The van der Waals surface area contributed by atoms with E-state index in [-0.39, 0.29) is 11.8 Å². The molecule has 12 nitrogen and oxygen atoms in total. The maximum absolute atomic E-state index is 14.7. The average molecular weight is 697 g/mol. The Morgan fingerprint density at radius 3 is 1.37 bits per heavy atom. The van der Waals surface area contributed by atoms with Crippen molar-refractivity contribution in [2.24, 2.45) is 0 Å². The van der Waals surface area contributed by atoms with Gasteiger partial charge in [-0.25, -0.2) is 0 Å². The fourth-order valence-electron chi connectivity index (χ4n) is 9.79. The smallest absolute Gasteiger partial charge is 0.264 e. The molecule has 2 aromatic rings. The molecule has 10 aliphatic heterocycles. The third-order valence-electron chi connectivity index (χ3n) is 12.1. The Hall–Kier alpha value is -2.76. The van der Waals surface area contributed by atoms with Gasteiger partial charge in [-0.15, -0.1) is 0 Å². The van der Waals surface area contributed by atoms with Gasteiger partial charge in [-0.3, -0.25) is 29.0 Å². The van der Waals surface area contributed by atoms with Crippen molar-refractivity contribution in [2.75, 3.05) is 24.7 Å². The molecule has 0 aliphatic carbocycles. The van der Waals surface area contributed by atoms with E-state index < -0.39 is 66.7 Å². The van der Waals surface area contributed by atoms with Gasteiger partial charge in [-0.2, -0.15) is 0 Å². The van der Waals surface area contributed by atoms with Crippen LogP contribution in [0.25, 0.3) is 0 Å². The maximum atomic E-state index is 14.7. The summed E-state index contributed by atoms with van der Waals surface area (Å²) in [7, 11) is 7.98. The number of likely N-dealkylation sites (N-methyl/N-ethyl adjacent to an activating group) is 2. The highest BCUT2D eigenvalue weighted by Gasteiger charge is 2.92. The Morgan fingerprint density at radius 1 is 0.609 bits per heavy atom. The van der Waals surface area contributed by atoms with Crippen molar-refractivity contribution in [3.63, 3.8) is 0 Å². The fraction of sp³-hybridized carbons (Fsp3) is 0.467. The summed E-state index contributed by atoms with van der Waals surface area (Å²) >= 11 is 0. The number of benzene rings is 2. The van der Waals surface area contributed by atoms with Gasteiger partial charge >= 0.3 is 0 Å². The van der Waals surface area contributed by atoms with Crippen LogP contribution in [0, 0.1) is 0 Å². The normalized spacial score (nSPS) is 47.0. The molecule has 0 radical (unpaired) electrons. The first kappa shape index (κ1) is 28.3. The van der Waals surface area contributed by atoms with E-state index in [2.05, 4.69) is 10.6 Å². The molecule has 238 valence electrons. The Kier molecular flexibility index (Phi) is 4.87. The van der Waals surface area contributed by atoms with Crippen LogP contribution in [0.4, 0.5) is 11.4 Å². The largest absolute Gasteiger partial charge is 0.388 e. The lowest BCUT2D eigenvalue weighted by Crippen LogP contribution is -2.77. The number of anilines is 2. The van der Waals surface area contributed by atoms with Gasteiger partial charge in [0.15, 0.2) is 9.74 Å². The predicted octanol–water partition coefficient (Wildman–Crippen LogP) is 1.33. The number of nitrogens with zero attached hydrogens (tertiary/aromatic N) is 4. The summed E-state index contributed by atoms with van der Waals surface area (Å²) in [5.41, 5.74) is -0.775. The second-order valence-electron chi connectivity index (χ2n) is 13.5. The fourth-order valence-corrected chi connectivity index (χ4v) is 16.9. The van der Waals surface area contributed by atoms with Crippen molar-refractivity contribution >= 4 is 78.2 Å². The average Bonchev–Trinajstić information content (AvgIpc) is 3.70. The highest BCUT2D eigenvalue weighted by Crippen LogP contribution is 2.78. The molecule has 8 fully saturated rings. The van der Waals surface area contributed by atoms with E-state index in [1.54, 1.807) is 27.9 Å². The van der Waals surface area contributed by atoms with Crippen LogP contribution in [0.3, 0.4) is 0 Å². The van der Waals surface area contributed by atoms with Crippen LogP contribution < -0.4 is 10.6 Å². The number of para-hydroxylation sites is 2. The molecule has 16 heteroatoms. The third kappa shape index (κ3) is 2.30. The second kappa shape index (κ2) is 7.92. The number of nitrogens with one attached hydrogen (secondary N) is 2. The summed E-state index contributed by atoms with van der Waals surface area (Å²) in [5.74, 6) is -1.52. The van der Waals surface area contributed by atoms with Crippen molar-refractivity contribution in [3.05, 3.63) is 59.7 Å². The molecule has 3 unspecified atom stereocenters. The van der Waals surface area contributed by atoms with Gasteiger partial charge in [-0.05, 0) is 58.7 Å². The number of piperazine rings is 2. The number of aliphatic hydroxyl groups excluding tert-OH is 2. The number of carbonyl (C=O) groups excluding carboxylic acids is 4. The molecule has 10 heterocycles. The molecule has 10 aliphatic rings. The first-order chi connectivity index (χ1) is 21.8. The number of amides is 4. The maximum Gasteiger partial charge on any atom is 0.264 e. The lowest BCUT2D eigenvalue weighted by Gasteiger charge is -2.58. The predicted molar refractivity (Wildman–Crippen MR) is 175 cm³/mol. The van der Waals surface area contributed by atoms with Gasteiger partial charge < -0.3 is 30.6 Å². The molecule has 46 heavy (non-hydrogen) atoms. The van der Waals surface area contributed by atoms with E-state index in [0.717, 1.165) is 0 Å². The Bertz CT molecular complexity index is 1760. The monoisotopic (exact) mass is 696 g/mol. The van der Waals surface area contributed by atoms with Crippen LogP contribution in [0.1, 0.15) is 25.0 Å². The molecule has 0 saturated carbocycles. The lowest BCUT2D eigenvalue weighted by atomic mass is 9.52. The number of hydrogen-bond acceptors (Lipinski definition) is 12. The number of carbonyl (C=O) groups is 4. The van der Waals surface area contributed by atoms with E-state index in [0.29, 0.717) is 22.5 Å².